The van der Waals surface area contributed by atoms with E-state index in [4.69, 9.17) is 10.8 Å². The molecule has 5 heteroatoms. The van der Waals surface area contributed by atoms with Crippen molar-refractivity contribution in [3.8, 4) is 0 Å². The van der Waals surface area contributed by atoms with Gasteiger partial charge in [0.15, 0.2) is 0 Å². The van der Waals surface area contributed by atoms with Gasteiger partial charge in [-0.15, -0.1) is 0 Å². The minimum absolute atomic E-state index is 0.0264. The molecule has 0 amide bonds. The van der Waals surface area contributed by atoms with Crippen molar-refractivity contribution >= 4 is 17.3 Å². The highest BCUT2D eigenvalue weighted by atomic mass is 19.1. The maximum absolute atomic E-state index is 13.4. The smallest absolute Gasteiger partial charge is 0.337 e. The quantitative estimate of drug-likeness (QED) is 0.739. The van der Waals surface area contributed by atoms with Crippen molar-refractivity contribution in [3.05, 3.63) is 59.4 Å². The molecular weight excluding hydrogens is 247 g/mol. The number of rotatable bonds is 4. The van der Waals surface area contributed by atoms with E-state index >= 15 is 0 Å². The lowest BCUT2D eigenvalue weighted by atomic mass is 10.1. The first-order chi connectivity index (χ1) is 9.09. The molecule has 19 heavy (non-hydrogen) atoms. The van der Waals surface area contributed by atoms with Crippen LogP contribution in [0.1, 0.15) is 15.9 Å². The van der Waals surface area contributed by atoms with Gasteiger partial charge in [-0.1, -0.05) is 24.3 Å². The molecule has 0 aliphatic carbocycles. The summed E-state index contributed by atoms with van der Waals surface area (Å²) in [5.41, 5.74) is 6.88. The van der Waals surface area contributed by atoms with E-state index in [0.29, 0.717) is 11.3 Å². The van der Waals surface area contributed by atoms with E-state index in [-0.39, 0.29) is 23.6 Å². The number of hydrogen-bond acceptors (Lipinski definition) is 3. The molecule has 0 unspecified atom stereocenters. The molecule has 0 atom stereocenters. The molecule has 0 spiro atoms. The summed E-state index contributed by atoms with van der Waals surface area (Å²) < 4.78 is 13.4. The molecule has 2 aromatic carbocycles. The Morgan fingerprint density at radius 2 is 1.95 bits per heavy atom. The second-order valence-electron chi connectivity index (χ2n) is 4.02. The number of benzene rings is 2. The van der Waals surface area contributed by atoms with Crippen molar-refractivity contribution in [2.24, 2.45) is 0 Å². The Hall–Kier alpha value is -2.56. The van der Waals surface area contributed by atoms with E-state index in [1.807, 2.05) is 0 Å². The lowest BCUT2D eigenvalue weighted by Crippen LogP contribution is -2.08. The number of carbonyl (C=O) groups is 1. The summed E-state index contributed by atoms with van der Waals surface area (Å²) in [6.07, 6.45) is 0. The van der Waals surface area contributed by atoms with Gasteiger partial charge in [-0.05, 0) is 18.2 Å². The number of carboxylic acids is 1. The summed E-state index contributed by atoms with van der Waals surface area (Å²) in [5.74, 6) is -1.41. The van der Waals surface area contributed by atoms with E-state index in [0.717, 1.165) is 0 Å². The summed E-state index contributed by atoms with van der Waals surface area (Å²) in [5, 5.41) is 11.9. The van der Waals surface area contributed by atoms with E-state index in [9.17, 15) is 9.18 Å². The van der Waals surface area contributed by atoms with Gasteiger partial charge in [-0.25, -0.2) is 9.18 Å². The van der Waals surface area contributed by atoms with E-state index in [2.05, 4.69) is 5.32 Å². The molecule has 2 rings (SSSR count). The van der Waals surface area contributed by atoms with Crippen LogP contribution >= 0.6 is 0 Å². The van der Waals surface area contributed by atoms with Crippen LogP contribution in [0.2, 0.25) is 0 Å². The lowest BCUT2D eigenvalue weighted by molar-refractivity contribution is 0.0698. The molecule has 0 fully saturated rings. The Kier molecular flexibility index (Phi) is 3.66. The molecule has 98 valence electrons. The zero-order valence-electron chi connectivity index (χ0n) is 10.1. The van der Waals surface area contributed by atoms with Crippen molar-refractivity contribution in [1.29, 1.82) is 0 Å². The normalized spacial score (nSPS) is 10.2. The molecule has 0 aromatic heterocycles. The van der Waals surface area contributed by atoms with Crippen LogP contribution in [-0.4, -0.2) is 11.1 Å². The largest absolute Gasteiger partial charge is 0.478 e. The number of halogens is 1. The number of carboxylic acid groups (broad SMARTS) is 1. The fraction of sp³-hybridized carbons (Fsp3) is 0.0714. The van der Waals surface area contributed by atoms with Gasteiger partial charge in [-0.3, -0.25) is 0 Å². The van der Waals surface area contributed by atoms with Crippen molar-refractivity contribution in [2.45, 2.75) is 6.54 Å². The highest BCUT2D eigenvalue weighted by Crippen LogP contribution is 2.23. The number of nitrogens with two attached hydrogens (primary N) is 1. The summed E-state index contributed by atoms with van der Waals surface area (Å²) in [4.78, 5) is 10.9. The summed E-state index contributed by atoms with van der Waals surface area (Å²) >= 11 is 0. The Morgan fingerprint density at radius 1 is 1.21 bits per heavy atom. The third-order valence-electron chi connectivity index (χ3n) is 2.76. The van der Waals surface area contributed by atoms with Crippen LogP contribution in [0.15, 0.2) is 42.5 Å². The summed E-state index contributed by atoms with van der Waals surface area (Å²) in [6.45, 7) is 0.236. The van der Waals surface area contributed by atoms with Crippen LogP contribution < -0.4 is 11.1 Å². The van der Waals surface area contributed by atoms with Gasteiger partial charge in [0.05, 0.1) is 16.9 Å². The van der Waals surface area contributed by atoms with Gasteiger partial charge in [0.1, 0.15) is 5.82 Å². The molecule has 0 heterocycles. The van der Waals surface area contributed by atoms with Crippen LogP contribution in [0.25, 0.3) is 0 Å². The second kappa shape index (κ2) is 5.39. The fourth-order valence-electron chi connectivity index (χ4n) is 1.74. The molecule has 0 bridgehead atoms. The molecule has 0 saturated carbocycles. The molecule has 2 aromatic rings. The Balaban J connectivity index is 2.19. The maximum atomic E-state index is 13.4. The summed E-state index contributed by atoms with van der Waals surface area (Å²) in [7, 11) is 0. The number of anilines is 2. The van der Waals surface area contributed by atoms with Crippen LogP contribution in [0.4, 0.5) is 15.8 Å². The maximum Gasteiger partial charge on any atom is 0.337 e. The third-order valence-corrected chi connectivity index (χ3v) is 2.76. The molecule has 4 N–H and O–H groups in total. The number of nitrogen functional groups attached to an aromatic ring is 1. The predicted octanol–water partition coefficient (Wildman–Crippen LogP) is 2.72. The van der Waals surface area contributed by atoms with Crippen LogP contribution in [0.3, 0.4) is 0 Å². The number of para-hydroxylation sites is 1. The molecular formula is C14H13FN2O2. The lowest BCUT2D eigenvalue weighted by Gasteiger charge is -2.11. The highest BCUT2D eigenvalue weighted by Gasteiger charge is 2.11. The van der Waals surface area contributed by atoms with Crippen LogP contribution in [-0.2, 0) is 6.54 Å². The van der Waals surface area contributed by atoms with Gasteiger partial charge in [0.2, 0.25) is 0 Å². The highest BCUT2D eigenvalue weighted by molar-refractivity contribution is 5.97. The Bertz CT molecular complexity index is 614. The van der Waals surface area contributed by atoms with E-state index < -0.39 is 5.97 Å². The third kappa shape index (κ3) is 2.82. The van der Waals surface area contributed by atoms with Crippen LogP contribution in [0, 0.1) is 5.82 Å². The van der Waals surface area contributed by atoms with E-state index in [1.165, 1.54) is 12.1 Å². The van der Waals surface area contributed by atoms with Crippen molar-refractivity contribution in [2.75, 3.05) is 11.1 Å². The number of hydrogen-bond donors (Lipinski definition) is 3. The zero-order valence-corrected chi connectivity index (χ0v) is 10.1. The van der Waals surface area contributed by atoms with Crippen molar-refractivity contribution in [3.63, 3.8) is 0 Å². The number of aromatic carboxylic acids is 1. The standard InChI is InChI=1S/C14H13FN2O2/c15-11-6-2-1-4-9(11)8-17-12-7-3-5-10(13(12)16)14(18)19/h1-7,17H,8,16H2,(H,18,19). The topological polar surface area (TPSA) is 75.3 Å². The monoisotopic (exact) mass is 260 g/mol. The van der Waals surface area contributed by atoms with Crippen molar-refractivity contribution in [1.82, 2.24) is 0 Å². The summed E-state index contributed by atoms with van der Waals surface area (Å²) in [6, 6.07) is 11.0. The molecule has 4 nitrogen and oxygen atoms in total. The SMILES string of the molecule is Nc1c(NCc2ccccc2F)cccc1C(=O)O. The molecule has 0 aliphatic rings. The predicted molar refractivity (Wildman–Crippen MR) is 71.5 cm³/mol. The van der Waals surface area contributed by atoms with Crippen LogP contribution in [0.5, 0.6) is 0 Å². The molecule has 0 radical (unpaired) electrons. The van der Waals surface area contributed by atoms with Crippen molar-refractivity contribution < 1.29 is 14.3 Å². The Morgan fingerprint density at radius 3 is 2.63 bits per heavy atom. The number of nitrogens with one attached hydrogen (secondary N) is 1. The van der Waals surface area contributed by atoms with Gasteiger partial charge in [0.25, 0.3) is 0 Å². The van der Waals surface area contributed by atoms with Gasteiger partial charge < -0.3 is 16.2 Å². The average molecular weight is 260 g/mol. The van der Waals surface area contributed by atoms with Gasteiger partial charge in [-0.2, -0.15) is 0 Å². The fourth-order valence-corrected chi connectivity index (χ4v) is 1.74. The zero-order chi connectivity index (χ0) is 13.8. The van der Waals surface area contributed by atoms with Gasteiger partial charge >= 0.3 is 5.97 Å². The minimum Gasteiger partial charge on any atom is -0.478 e. The minimum atomic E-state index is -1.09. The molecule has 0 aliphatic heterocycles. The first-order valence-electron chi connectivity index (χ1n) is 5.68. The second-order valence-corrected chi connectivity index (χ2v) is 4.02. The molecule has 0 saturated heterocycles. The van der Waals surface area contributed by atoms with Gasteiger partial charge in [0, 0.05) is 12.1 Å². The first kappa shape index (κ1) is 12.9. The first-order valence-corrected chi connectivity index (χ1v) is 5.68. The Labute approximate surface area is 109 Å². The average Bonchev–Trinajstić information content (AvgIpc) is 2.39. The van der Waals surface area contributed by atoms with E-state index in [1.54, 1.807) is 30.3 Å².